The van der Waals surface area contributed by atoms with E-state index >= 15 is 0 Å². The van der Waals surface area contributed by atoms with Gasteiger partial charge in [-0.2, -0.15) is 0 Å². The van der Waals surface area contributed by atoms with Crippen molar-refractivity contribution < 1.29 is 23.9 Å². The number of carboxylic acid groups (broad SMARTS) is 1. The number of nitrogens with one attached hydrogen (secondary N) is 1. The number of likely N-dealkylation sites (tertiary alicyclic amines) is 1. The molecule has 1 atom stereocenters. The molecule has 0 radical (unpaired) electrons. The Hall–Kier alpha value is -3.12. The molecule has 6 nitrogen and oxygen atoms in total. The van der Waals surface area contributed by atoms with E-state index in [2.05, 4.69) is 50.3 Å². The number of benzene rings is 2. The topological polar surface area (TPSA) is 75.6 Å². The average Bonchev–Trinajstić information content (AvgIpc) is 3.10. The van der Waals surface area contributed by atoms with E-state index in [4.69, 9.17) is 4.74 Å². The molecular formula is C26H31N2O4+. The van der Waals surface area contributed by atoms with Gasteiger partial charge in [-0.05, 0) is 22.3 Å². The Kier molecular flexibility index (Phi) is 5.82. The van der Waals surface area contributed by atoms with E-state index in [1.54, 1.807) is 6.08 Å². The van der Waals surface area contributed by atoms with Crippen LogP contribution in [0.1, 0.15) is 29.9 Å². The molecule has 2 aromatic rings. The highest BCUT2D eigenvalue weighted by Crippen LogP contribution is 2.44. The van der Waals surface area contributed by atoms with Crippen LogP contribution in [0.2, 0.25) is 0 Å². The molecule has 168 valence electrons. The monoisotopic (exact) mass is 435 g/mol. The highest BCUT2D eigenvalue weighted by Gasteiger charge is 2.47. The fraction of sp³-hybridized carbons (Fsp3) is 0.385. The fourth-order valence-corrected chi connectivity index (χ4v) is 5.08. The minimum atomic E-state index is -1.07. The summed E-state index contributed by atoms with van der Waals surface area (Å²) in [6.07, 6.45) is 2.28. The van der Waals surface area contributed by atoms with Crippen LogP contribution in [0.15, 0.2) is 61.2 Å². The SMILES string of the molecule is C=CC1([C@H](NC(=O)OCC2c3ccccc3-c3ccccc32)C(=O)O)CC[N+](C)(C)CC1. The lowest BCUT2D eigenvalue weighted by Crippen LogP contribution is -2.58. The number of alkyl carbamates (subject to hydrolysis) is 1. The second-order valence-corrected chi connectivity index (χ2v) is 9.56. The number of hydrogen-bond donors (Lipinski definition) is 2. The van der Waals surface area contributed by atoms with E-state index in [0.717, 1.165) is 39.8 Å². The lowest BCUT2D eigenvalue weighted by Gasteiger charge is -2.45. The van der Waals surface area contributed by atoms with Crippen molar-refractivity contribution >= 4 is 12.1 Å². The third-order valence-corrected chi connectivity index (χ3v) is 7.20. The molecular weight excluding hydrogens is 404 g/mol. The molecule has 0 spiro atoms. The summed E-state index contributed by atoms with van der Waals surface area (Å²) in [5.74, 6) is -1.14. The van der Waals surface area contributed by atoms with Crippen LogP contribution < -0.4 is 5.32 Å². The molecule has 2 aliphatic rings. The first-order valence-electron chi connectivity index (χ1n) is 11.1. The van der Waals surface area contributed by atoms with Gasteiger partial charge in [-0.25, -0.2) is 9.59 Å². The van der Waals surface area contributed by atoms with E-state index in [9.17, 15) is 14.7 Å². The van der Waals surface area contributed by atoms with Crippen molar-refractivity contribution in [2.75, 3.05) is 33.8 Å². The molecule has 32 heavy (non-hydrogen) atoms. The van der Waals surface area contributed by atoms with Gasteiger partial charge in [-0.3, -0.25) is 0 Å². The van der Waals surface area contributed by atoms with Crippen molar-refractivity contribution in [3.05, 3.63) is 72.3 Å². The number of amides is 1. The van der Waals surface area contributed by atoms with Gasteiger partial charge in [0.2, 0.25) is 0 Å². The van der Waals surface area contributed by atoms with Gasteiger partial charge in [0.05, 0.1) is 27.2 Å². The second kappa shape index (κ2) is 8.43. The average molecular weight is 436 g/mol. The van der Waals surface area contributed by atoms with E-state index in [1.165, 1.54) is 0 Å². The van der Waals surface area contributed by atoms with E-state index in [-0.39, 0.29) is 12.5 Å². The summed E-state index contributed by atoms with van der Waals surface area (Å²) in [5.41, 5.74) is 3.84. The normalized spacial score (nSPS) is 19.3. The molecule has 1 aliphatic heterocycles. The van der Waals surface area contributed by atoms with Crippen LogP contribution in [-0.4, -0.2) is 61.5 Å². The number of carbonyl (C=O) groups is 2. The van der Waals surface area contributed by atoms with Crippen molar-refractivity contribution in [1.29, 1.82) is 0 Å². The number of aliphatic carboxylic acids is 1. The first kappa shape index (κ1) is 22.1. The number of piperidine rings is 1. The van der Waals surface area contributed by atoms with Crippen LogP contribution in [0, 0.1) is 5.41 Å². The highest BCUT2D eigenvalue weighted by molar-refractivity contribution is 5.82. The quantitative estimate of drug-likeness (QED) is 0.531. The molecule has 0 unspecified atom stereocenters. The van der Waals surface area contributed by atoms with E-state index < -0.39 is 23.5 Å². The summed E-state index contributed by atoms with van der Waals surface area (Å²) in [6, 6.07) is 15.1. The highest BCUT2D eigenvalue weighted by atomic mass is 16.5. The molecule has 2 aromatic carbocycles. The largest absolute Gasteiger partial charge is 0.480 e. The van der Waals surface area contributed by atoms with Crippen LogP contribution in [-0.2, 0) is 9.53 Å². The van der Waals surface area contributed by atoms with Crippen molar-refractivity contribution in [1.82, 2.24) is 5.32 Å². The predicted molar refractivity (Wildman–Crippen MR) is 123 cm³/mol. The molecule has 4 rings (SSSR count). The summed E-state index contributed by atoms with van der Waals surface area (Å²) in [5, 5.41) is 12.6. The Labute approximate surface area is 189 Å². The van der Waals surface area contributed by atoms with Crippen LogP contribution in [0.25, 0.3) is 11.1 Å². The number of fused-ring (bicyclic) bond motifs is 3. The maximum Gasteiger partial charge on any atom is 0.407 e. The molecule has 1 fully saturated rings. The maximum atomic E-state index is 12.7. The number of carboxylic acids is 1. The Morgan fingerprint density at radius 3 is 2.16 bits per heavy atom. The van der Waals surface area contributed by atoms with Crippen molar-refractivity contribution in [2.24, 2.45) is 5.41 Å². The van der Waals surface area contributed by atoms with Gasteiger partial charge in [-0.1, -0.05) is 54.6 Å². The van der Waals surface area contributed by atoms with Crippen molar-refractivity contribution in [3.8, 4) is 11.1 Å². The van der Waals surface area contributed by atoms with E-state index in [1.807, 2.05) is 24.3 Å². The molecule has 1 aliphatic carbocycles. The lowest BCUT2D eigenvalue weighted by atomic mass is 9.72. The molecule has 1 amide bonds. The van der Waals surface area contributed by atoms with Gasteiger partial charge in [0, 0.05) is 24.2 Å². The van der Waals surface area contributed by atoms with E-state index in [0.29, 0.717) is 12.8 Å². The third-order valence-electron chi connectivity index (χ3n) is 7.20. The molecule has 1 saturated heterocycles. The van der Waals surface area contributed by atoms with Crippen LogP contribution in [0.3, 0.4) is 0 Å². The number of nitrogens with zero attached hydrogens (tertiary/aromatic N) is 1. The first-order valence-corrected chi connectivity index (χ1v) is 11.1. The van der Waals surface area contributed by atoms with Gasteiger partial charge in [0.1, 0.15) is 12.6 Å². The Morgan fingerprint density at radius 1 is 1.12 bits per heavy atom. The summed E-state index contributed by atoms with van der Waals surface area (Å²) < 4.78 is 6.42. The van der Waals surface area contributed by atoms with Crippen molar-refractivity contribution in [2.45, 2.75) is 24.8 Å². The van der Waals surface area contributed by atoms with Gasteiger partial charge in [0.15, 0.2) is 0 Å². The number of rotatable bonds is 6. The number of carbonyl (C=O) groups excluding carboxylic acids is 1. The predicted octanol–water partition coefficient (Wildman–Crippen LogP) is 4.02. The molecule has 0 bridgehead atoms. The Bertz CT molecular complexity index is 990. The zero-order valence-electron chi connectivity index (χ0n) is 18.7. The maximum absolute atomic E-state index is 12.7. The number of hydrogen-bond acceptors (Lipinski definition) is 3. The minimum Gasteiger partial charge on any atom is -0.480 e. The first-order chi connectivity index (χ1) is 15.3. The minimum absolute atomic E-state index is 0.0717. The molecule has 0 aromatic heterocycles. The molecule has 1 heterocycles. The summed E-state index contributed by atoms with van der Waals surface area (Å²) in [6.45, 7) is 5.70. The van der Waals surface area contributed by atoms with Crippen LogP contribution in [0.5, 0.6) is 0 Å². The number of ether oxygens (including phenoxy) is 1. The molecule has 0 saturated carbocycles. The summed E-state index contributed by atoms with van der Waals surface area (Å²) in [4.78, 5) is 24.9. The van der Waals surface area contributed by atoms with Crippen LogP contribution in [0.4, 0.5) is 4.79 Å². The zero-order valence-corrected chi connectivity index (χ0v) is 18.7. The lowest BCUT2D eigenvalue weighted by molar-refractivity contribution is -0.897. The van der Waals surface area contributed by atoms with Crippen molar-refractivity contribution in [3.63, 3.8) is 0 Å². The smallest absolute Gasteiger partial charge is 0.407 e. The Balaban J connectivity index is 1.47. The van der Waals surface area contributed by atoms with Gasteiger partial charge >= 0.3 is 12.1 Å². The van der Waals surface area contributed by atoms with Gasteiger partial charge in [-0.15, -0.1) is 6.58 Å². The Morgan fingerprint density at radius 2 is 1.66 bits per heavy atom. The fourth-order valence-electron chi connectivity index (χ4n) is 5.08. The molecule has 2 N–H and O–H groups in total. The van der Waals surface area contributed by atoms with Gasteiger partial charge in [0.25, 0.3) is 0 Å². The second-order valence-electron chi connectivity index (χ2n) is 9.56. The summed E-state index contributed by atoms with van der Waals surface area (Å²) in [7, 11) is 4.25. The standard InChI is InChI=1S/C26H30N2O4/c1-4-26(13-15-28(2,3)16-14-26)23(24(29)30)27-25(31)32-17-22-20-11-7-5-9-18(20)19-10-6-8-12-21(19)22/h4-12,22-23H,1,13-17H2,2-3H3,(H-,27,29,30,31)/p+1/t23-/m1/s1. The summed E-state index contributed by atoms with van der Waals surface area (Å²) >= 11 is 0. The van der Waals surface area contributed by atoms with Gasteiger partial charge < -0.3 is 19.6 Å². The zero-order chi connectivity index (χ0) is 22.9. The molecule has 6 heteroatoms. The van der Waals surface area contributed by atoms with Crippen LogP contribution >= 0.6 is 0 Å². The third kappa shape index (κ3) is 4.02. The number of quaternary nitrogens is 1.